The van der Waals surface area contributed by atoms with E-state index >= 15 is 0 Å². The fourth-order valence-corrected chi connectivity index (χ4v) is 4.42. The first kappa shape index (κ1) is 20.0. The van der Waals surface area contributed by atoms with Crippen LogP contribution in [-0.4, -0.2) is 20.9 Å². The number of para-hydroxylation sites is 1. The van der Waals surface area contributed by atoms with Crippen LogP contribution in [0.1, 0.15) is 19.8 Å². The molecule has 5 nitrogen and oxygen atoms in total. The number of sulfonamides is 1. The van der Waals surface area contributed by atoms with Crippen LogP contribution in [-0.2, 0) is 14.8 Å². The fourth-order valence-electron chi connectivity index (χ4n) is 2.44. The quantitative estimate of drug-likeness (QED) is 0.674. The van der Waals surface area contributed by atoms with Gasteiger partial charge in [-0.2, -0.15) is 0 Å². The number of hydrogen-bond donors (Lipinski definition) is 1. The Balaban J connectivity index is 2.37. The lowest BCUT2D eigenvalue weighted by molar-refractivity contribution is -0.116. The number of carbonyl (C=O) groups is 1. The number of halogens is 1. The molecule has 0 bridgehead atoms. The summed E-state index contributed by atoms with van der Waals surface area (Å²) in [4.78, 5) is 11.8. The van der Waals surface area contributed by atoms with Crippen molar-refractivity contribution in [2.75, 3.05) is 16.2 Å². The normalized spacial score (nSPS) is 11.0. The standard InChI is InChI=1S/C19H21ClN2O3S/c1-3-5-11-19(23)21-15-12-13-17(20)18(14-15)26(24,25)22(4-2)16-9-7-6-8-10-16/h3,6-10,12-14H,1,4-5,11H2,2H3,(H,21,23). The summed E-state index contributed by atoms with van der Waals surface area (Å²) in [6.07, 6.45) is 2.47. The lowest BCUT2D eigenvalue weighted by Crippen LogP contribution is -2.31. The fraction of sp³-hybridized carbons (Fsp3) is 0.211. The van der Waals surface area contributed by atoms with Gasteiger partial charge in [-0.3, -0.25) is 9.10 Å². The topological polar surface area (TPSA) is 66.5 Å². The molecule has 0 aliphatic carbocycles. The van der Waals surface area contributed by atoms with Gasteiger partial charge in [0.05, 0.1) is 10.7 Å². The number of benzene rings is 2. The molecule has 2 aromatic carbocycles. The van der Waals surface area contributed by atoms with Gasteiger partial charge in [-0.15, -0.1) is 6.58 Å². The lowest BCUT2D eigenvalue weighted by atomic mass is 10.2. The van der Waals surface area contributed by atoms with Crippen molar-refractivity contribution in [3.8, 4) is 0 Å². The monoisotopic (exact) mass is 392 g/mol. The predicted octanol–water partition coefficient (Wildman–Crippen LogP) is 4.46. The van der Waals surface area contributed by atoms with E-state index in [1.165, 1.54) is 16.4 Å². The summed E-state index contributed by atoms with van der Waals surface area (Å²) < 4.78 is 27.5. The van der Waals surface area contributed by atoms with Crippen molar-refractivity contribution in [2.24, 2.45) is 0 Å². The van der Waals surface area contributed by atoms with E-state index in [1.807, 2.05) is 6.07 Å². The number of nitrogens with zero attached hydrogens (tertiary/aromatic N) is 1. The third-order valence-corrected chi connectivity index (χ3v) is 6.07. The third-order valence-electron chi connectivity index (χ3n) is 3.69. The number of nitrogens with one attached hydrogen (secondary N) is 1. The number of hydrogen-bond acceptors (Lipinski definition) is 3. The third kappa shape index (κ3) is 4.65. The Morgan fingerprint density at radius 2 is 1.92 bits per heavy atom. The molecule has 1 amide bonds. The summed E-state index contributed by atoms with van der Waals surface area (Å²) >= 11 is 6.16. The van der Waals surface area contributed by atoms with Gasteiger partial charge in [0.25, 0.3) is 10.0 Å². The maximum atomic E-state index is 13.1. The van der Waals surface area contributed by atoms with Crippen molar-refractivity contribution < 1.29 is 13.2 Å². The largest absolute Gasteiger partial charge is 0.326 e. The van der Waals surface area contributed by atoms with Gasteiger partial charge in [-0.1, -0.05) is 35.9 Å². The predicted molar refractivity (Wildman–Crippen MR) is 106 cm³/mol. The molecule has 1 N–H and O–H groups in total. The van der Waals surface area contributed by atoms with Crippen LogP contribution in [0.15, 0.2) is 66.1 Å². The molecular weight excluding hydrogens is 372 g/mol. The van der Waals surface area contributed by atoms with Crippen molar-refractivity contribution in [2.45, 2.75) is 24.7 Å². The SMILES string of the molecule is C=CCCC(=O)Nc1ccc(Cl)c(S(=O)(=O)N(CC)c2ccccc2)c1. The van der Waals surface area contributed by atoms with Crippen LogP contribution in [0.3, 0.4) is 0 Å². The van der Waals surface area contributed by atoms with E-state index in [0.29, 0.717) is 17.8 Å². The Morgan fingerprint density at radius 1 is 1.23 bits per heavy atom. The van der Waals surface area contributed by atoms with E-state index < -0.39 is 10.0 Å². The Labute approximate surface area is 159 Å². The average Bonchev–Trinajstić information content (AvgIpc) is 2.62. The molecule has 0 aromatic heterocycles. The molecule has 138 valence electrons. The number of rotatable bonds is 8. The van der Waals surface area contributed by atoms with Crippen molar-refractivity contribution in [1.82, 2.24) is 0 Å². The molecule has 0 saturated carbocycles. The van der Waals surface area contributed by atoms with Crippen LogP contribution in [0.25, 0.3) is 0 Å². The van der Waals surface area contributed by atoms with Crippen molar-refractivity contribution in [1.29, 1.82) is 0 Å². The van der Waals surface area contributed by atoms with Gasteiger partial charge >= 0.3 is 0 Å². The van der Waals surface area contributed by atoms with Crippen molar-refractivity contribution >= 4 is 38.9 Å². The van der Waals surface area contributed by atoms with Crippen LogP contribution in [0.2, 0.25) is 5.02 Å². The molecule has 2 aromatic rings. The van der Waals surface area contributed by atoms with E-state index in [-0.39, 0.29) is 28.8 Å². The second-order valence-corrected chi connectivity index (χ2v) is 7.76. The number of carbonyl (C=O) groups excluding carboxylic acids is 1. The Bertz CT molecular complexity index is 883. The van der Waals surface area contributed by atoms with Crippen LogP contribution in [0.4, 0.5) is 11.4 Å². The second-order valence-electron chi connectivity index (χ2n) is 5.53. The first-order valence-electron chi connectivity index (χ1n) is 8.18. The molecule has 0 fully saturated rings. The summed E-state index contributed by atoms with van der Waals surface area (Å²) in [5.74, 6) is -0.217. The average molecular weight is 393 g/mol. The maximum Gasteiger partial charge on any atom is 0.265 e. The summed E-state index contributed by atoms with van der Waals surface area (Å²) in [5, 5.41) is 2.79. The minimum Gasteiger partial charge on any atom is -0.326 e. The number of amides is 1. The molecule has 0 radical (unpaired) electrons. The Morgan fingerprint density at radius 3 is 2.54 bits per heavy atom. The molecule has 0 aliphatic heterocycles. The number of anilines is 2. The first-order valence-corrected chi connectivity index (χ1v) is 10.00. The Hall–Kier alpha value is -2.31. The molecule has 0 unspecified atom stereocenters. The second kappa shape index (κ2) is 8.87. The summed E-state index contributed by atoms with van der Waals surface area (Å²) in [6, 6.07) is 13.2. The molecule has 0 heterocycles. The van der Waals surface area contributed by atoms with E-state index in [4.69, 9.17) is 11.6 Å². The highest BCUT2D eigenvalue weighted by atomic mass is 35.5. The maximum absolute atomic E-state index is 13.1. The highest BCUT2D eigenvalue weighted by Crippen LogP contribution is 2.30. The minimum atomic E-state index is -3.88. The summed E-state index contributed by atoms with van der Waals surface area (Å²) in [5.41, 5.74) is 0.928. The minimum absolute atomic E-state index is 0.0496. The summed E-state index contributed by atoms with van der Waals surface area (Å²) in [6.45, 7) is 5.57. The zero-order valence-corrected chi connectivity index (χ0v) is 16.1. The highest BCUT2D eigenvalue weighted by Gasteiger charge is 2.26. The van der Waals surface area contributed by atoms with Crippen LogP contribution >= 0.6 is 11.6 Å². The van der Waals surface area contributed by atoms with E-state index in [0.717, 1.165) is 0 Å². The molecule has 0 atom stereocenters. The molecule has 0 saturated heterocycles. The highest BCUT2D eigenvalue weighted by molar-refractivity contribution is 7.93. The molecule has 0 aliphatic rings. The zero-order chi connectivity index (χ0) is 19.2. The van der Waals surface area contributed by atoms with Crippen LogP contribution in [0, 0.1) is 0 Å². The van der Waals surface area contributed by atoms with Gasteiger partial charge in [-0.25, -0.2) is 8.42 Å². The van der Waals surface area contributed by atoms with E-state index in [9.17, 15) is 13.2 Å². The Kier molecular flexibility index (Phi) is 6.83. The van der Waals surface area contributed by atoms with Crippen LogP contribution < -0.4 is 9.62 Å². The molecular formula is C19H21ClN2O3S. The summed E-state index contributed by atoms with van der Waals surface area (Å²) in [7, 11) is -3.88. The van der Waals surface area contributed by atoms with Crippen LogP contribution in [0.5, 0.6) is 0 Å². The molecule has 0 spiro atoms. The smallest absolute Gasteiger partial charge is 0.265 e. The van der Waals surface area contributed by atoms with Gasteiger partial charge < -0.3 is 5.32 Å². The zero-order valence-electron chi connectivity index (χ0n) is 14.5. The van der Waals surface area contributed by atoms with E-state index in [1.54, 1.807) is 43.3 Å². The number of allylic oxidation sites excluding steroid dienone is 1. The van der Waals surface area contributed by atoms with Gasteiger partial charge in [0, 0.05) is 18.7 Å². The van der Waals surface area contributed by atoms with Gasteiger partial charge in [0.15, 0.2) is 0 Å². The van der Waals surface area contributed by atoms with Gasteiger partial charge in [0.2, 0.25) is 5.91 Å². The molecule has 7 heteroatoms. The molecule has 2 rings (SSSR count). The van der Waals surface area contributed by atoms with E-state index in [2.05, 4.69) is 11.9 Å². The lowest BCUT2D eigenvalue weighted by Gasteiger charge is -2.23. The van der Waals surface area contributed by atoms with Crippen molar-refractivity contribution in [3.63, 3.8) is 0 Å². The van der Waals surface area contributed by atoms with Gasteiger partial charge in [-0.05, 0) is 43.7 Å². The van der Waals surface area contributed by atoms with Crippen molar-refractivity contribution in [3.05, 3.63) is 66.2 Å². The molecule has 26 heavy (non-hydrogen) atoms. The van der Waals surface area contributed by atoms with Gasteiger partial charge in [0.1, 0.15) is 4.90 Å². The first-order chi connectivity index (χ1) is 12.4.